The number of hydrogen-bond acceptors (Lipinski definition) is 3. The smallest absolute Gasteiger partial charge is 0.163 e. The van der Waals surface area contributed by atoms with Crippen LogP contribution in [0.25, 0.3) is 0 Å². The molecule has 21 heavy (non-hydrogen) atoms. The summed E-state index contributed by atoms with van der Waals surface area (Å²) in [6, 6.07) is 7.32. The highest BCUT2D eigenvalue weighted by atomic mass is 35.5. The lowest BCUT2D eigenvalue weighted by molar-refractivity contribution is 0.214. The molecule has 112 valence electrons. The first-order valence-corrected chi connectivity index (χ1v) is 6.78. The van der Waals surface area contributed by atoms with Gasteiger partial charge in [0.1, 0.15) is 11.9 Å². The quantitative estimate of drug-likeness (QED) is 0.911. The largest absolute Gasteiger partial charge is 0.493 e. The summed E-state index contributed by atoms with van der Waals surface area (Å²) in [4.78, 5) is 0. The second-order valence-corrected chi connectivity index (χ2v) is 5.06. The average Bonchev–Trinajstić information content (AvgIpc) is 2.49. The van der Waals surface area contributed by atoms with Gasteiger partial charge < -0.3 is 14.6 Å². The molecular weight excluding hydrogens is 318 g/mol. The highest BCUT2D eigenvalue weighted by Crippen LogP contribution is 2.38. The van der Waals surface area contributed by atoms with Gasteiger partial charge in [0.25, 0.3) is 0 Å². The van der Waals surface area contributed by atoms with Gasteiger partial charge in [-0.2, -0.15) is 0 Å². The Morgan fingerprint density at radius 2 is 1.67 bits per heavy atom. The predicted octanol–water partition coefficient (Wildman–Crippen LogP) is 4.23. The van der Waals surface area contributed by atoms with E-state index in [1.807, 2.05) is 0 Å². The van der Waals surface area contributed by atoms with Gasteiger partial charge in [0.15, 0.2) is 11.5 Å². The normalized spacial score (nSPS) is 12.1. The summed E-state index contributed by atoms with van der Waals surface area (Å²) in [5.41, 5.74) is 0.340. The van der Waals surface area contributed by atoms with Crippen LogP contribution in [0.15, 0.2) is 30.3 Å². The summed E-state index contributed by atoms with van der Waals surface area (Å²) >= 11 is 12.0. The van der Waals surface area contributed by atoms with E-state index in [2.05, 4.69) is 0 Å². The fourth-order valence-corrected chi connectivity index (χ4v) is 2.39. The molecule has 0 aliphatic carbocycles. The van der Waals surface area contributed by atoms with E-state index < -0.39 is 11.9 Å². The Hall–Kier alpha value is -1.49. The summed E-state index contributed by atoms with van der Waals surface area (Å²) in [5.74, 6) is -0.0783. The predicted molar refractivity (Wildman–Crippen MR) is 80.0 cm³/mol. The highest BCUT2D eigenvalue weighted by molar-refractivity contribution is 6.42. The zero-order valence-corrected chi connectivity index (χ0v) is 12.9. The van der Waals surface area contributed by atoms with Crippen molar-refractivity contribution < 1.29 is 19.0 Å². The lowest BCUT2D eigenvalue weighted by Gasteiger charge is -2.17. The Kier molecular flexibility index (Phi) is 4.93. The van der Waals surface area contributed by atoms with Gasteiger partial charge in [0.05, 0.1) is 24.3 Å². The lowest BCUT2D eigenvalue weighted by Crippen LogP contribution is -2.05. The molecule has 1 atom stereocenters. The van der Waals surface area contributed by atoms with Crippen LogP contribution in [0.1, 0.15) is 17.2 Å². The van der Waals surface area contributed by atoms with E-state index in [1.54, 1.807) is 18.2 Å². The van der Waals surface area contributed by atoms with Gasteiger partial charge in [-0.15, -0.1) is 0 Å². The standard InChI is InChI=1S/C15H13Cl2FO3/c1-20-12-6-9(11(18)7-13(12)21-2)15(19)8-4-3-5-10(16)14(8)17/h3-7,15,19H,1-2H3. The molecule has 0 amide bonds. The van der Waals surface area contributed by atoms with Crippen LogP contribution in [0.5, 0.6) is 11.5 Å². The fraction of sp³-hybridized carbons (Fsp3) is 0.200. The van der Waals surface area contributed by atoms with Gasteiger partial charge in [-0.1, -0.05) is 35.3 Å². The van der Waals surface area contributed by atoms with Gasteiger partial charge in [-0.3, -0.25) is 0 Å². The molecule has 0 radical (unpaired) electrons. The average molecular weight is 331 g/mol. The van der Waals surface area contributed by atoms with Crippen molar-refractivity contribution in [3.63, 3.8) is 0 Å². The number of benzene rings is 2. The van der Waals surface area contributed by atoms with Gasteiger partial charge in [-0.25, -0.2) is 4.39 Å². The Morgan fingerprint density at radius 3 is 2.29 bits per heavy atom. The molecule has 0 bridgehead atoms. The lowest BCUT2D eigenvalue weighted by atomic mass is 10.0. The maximum atomic E-state index is 14.2. The van der Waals surface area contributed by atoms with E-state index in [-0.39, 0.29) is 21.4 Å². The third-order valence-electron chi connectivity index (χ3n) is 3.07. The topological polar surface area (TPSA) is 38.7 Å². The molecule has 1 unspecified atom stereocenters. The zero-order chi connectivity index (χ0) is 15.6. The minimum Gasteiger partial charge on any atom is -0.493 e. The first-order chi connectivity index (χ1) is 9.99. The Labute approximate surface area is 131 Å². The number of rotatable bonds is 4. The minimum atomic E-state index is -1.27. The summed E-state index contributed by atoms with van der Waals surface area (Å²) < 4.78 is 24.3. The van der Waals surface area contributed by atoms with Crippen LogP contribution in [0.4, 0.5) is 4.39 Å². The number of aliphatic hydroxyl groups is 1. The van der Waals surface area contributed by atoms with E-state index in [1.165, 1.54) is 20.3 Å². The molecular formula is C15H13Cl2FO3. The second kappa shape index (κ2) is 6.52. The number of ether oxygens (including phenoxy) is 2. The summed E-state index contributed by atoms with van der Waals surface area (Å²) in [5, 5.41) is 10.8. The van der Waals surface area contributed by atoms with Crippen LogP contribution >= 0.6 is 23.2 Å². The molecule has 2 aromatic carbocycles. The van der Waals surface area contributed by atoms with Crippen LogP contribution in [0.2, 0.25) is 10.0 Å². The van der Waals surface area contributed by atoms with Crippen molar-refractivity contribution in [2.75, 3.05) is 14.2 Å². The van der Waals surface area contributed by atoms with E-state index in [0.29, 0.717) is 11.3 Å². The second-order valence-electron chi connectivity index (χ2n) is 4.27. The van der Waals surface area contributed by atoms with Crippen LogP contribution < -0.4 is 9.47 Å². The minimum absolute atomic E-state index is 0.0248. The number of aliphatic hydroxyl groups excluding tert-OH is 1. The number of hydrogen-bond donors (Lipinski definition) is 1. The van der Waals surface area contributed by atoms with Crippen LogP contribution in [0, 0.1) is 5.82 Å². The van der Waals surface area contributed by atoms with Gasteiger partial charge in [0.2, 0.25) is 0 Å². The molecule has 0 saturated carbocycles. The summed E-state index contributed by atoms with van der Waals surface area (Å²) in [6.07, 6.45) is -1.27. The van der Waals surface area contributed by atoms with Gasteiger partial charge in [0, 0.05) is 17.2 Å². The van der Waals surface area contributed by atoms with Crippen LogP contribution in [-0.4, -0.2) is 19.3 Å². The van der Waals surface area contributed by atoms with Gasteiger partial charge in [-0.05, 0) is 12.1 Å². The van der Waals surface area contributed by atoms with E-state index in [0.717, 1.165) is 6.07 Å². The SMILES string of the molecule is COc1cc(F)c(C(O)c2cccc(Cl)c2Cl)cc1OC. The Morgan fingerprint density at radius 1 is 1.05 bits per heavy atom. The first kappa shape index (κ1) is 15.9. The molecule has 2 rings (SSSR count). The van der Waals surface area contributed by atoms with Crippen molar-refractivity contribution >= 4 is 23.2 Å². The monoisotopic (exact) mass is 330 g/mol. The van der Waals surface area contributed by atoms with E-state index in [4.69, 9.17) is 32.7 Å². The van der Waals surface area contributed by atoms with Crippen molar-refractivity contribution in [2.45, 2.75) is 6.10 Å². The van der Waals surface area contributed by atoms with Crippen LogP contribution in [-0.2, 0) is 0 Å². The molecule has 1 N–H and O–H groups in total. The van der Waals surface area contributed by atoms with Crippen molar-refractivity contribution in [3.8, 4) is 11.5 Å². The Balaban J connectivity index is 2.53. The maximum absolute atomic E-state index is 14.2. The van der Waals surface area contributed by atoms with Crippen molar-refractivity contribution in [1.29, 1.82) is 0 Å². The highest BCUT2D eigenvalue weighted by Gasteiger charge is 2.21. The third-order valence-corrected chi connectivity index (χ3v) is 3.91. The summed E-state index contributed by atoms with van der Waals surface area (Å²) in [6.45, 7) is 0. The fourth-order valence-electron chi connectivity index (χ4n) is 1.98. The molecule has 0 aliphatic rings. The van der Waals surface area contributed by atoms with Gasteiger partial charge >= 0.3 is 0 Å². The van der Waals surface area contributed by atoms with E-state index >= 15 is 0 Å². The van der Waals surface area contributed by atoms with Crippen molar-refractivity contribution in [2.24, 2.45) is 0 Å². The molecule has 0 saturated heterocycles. The zero-order valence-electron chi connectivity index (χ0n) is 11.4. The van der Waals surface area contributed by atoms with Crippen molar-refractivity contribution in [3.05, 3.63) is 57.3 Å². The number of halogens is 3. The first-order valence-electron chi connectivity index (χ1n) is 6.03. The Bertz CT molecular complexity index is 662. The molecule has 3 nitrogen and oxygen atoms in total. The van der Waals surface area contributed by atoms with Crippen molar-refractivity contribution in [1.82, 2.24) is 0 Å². The van der Waals surface area contributed by atoms with E-state index in [9.17, 15) is 9.50 Å². The molecule has 0 aromatic heterocycles. The third kappa shape index (κ3) is 3.07. The molecule has 6 heteroatoms. The molecule has 0 heterocycles. The van der Waals surface area contributed by atoms with Crippen LogP contribution in [0.3, 0.4) is 0 Å². The molecule has 0 aliphatic heterocycles. The molecule has 0 spiro atoms. The molecule has 0 fully saturated rings. The molecule has 2 aromatic rings. The maximum Gasteiger partial charge on any atom is 0.163 e. The summed E-state index contributed by atoms with van der Waals surface area (Å²) in [7, 11) is 2.83. The number of methoxy groups -OCH3 is 2.